The monoisotopic (exact) mass is 243 g/mol. The summed E-state index contributed by atoms with van der Waals surface area (Å²) in [5.41, 5.74) is 6.24. The molecule has 3 nitrogen and oxygen atoms in total. The zero-order valence-electron chi connectivity index (χ0n) is 11.6. The van der Waals surface area contributed by atoms with Crippen molar-refractivity contribution in [3.05, 3.63) is 41.1 Å². The number of nitrogens with one attached hydrogen (secondary N) is 1. The van der Waals surface area contributed by atoms with Gasteiger partial charge in [0, 0.05) is 18.8 Å². The molecule has 1 heterocycles. The van der Waals surface area contributed by atoms with E-state index in [0.717, 1.165) is 18.7 Å². The molecule has 18 heavy (non-hydrogen) atoms. The summed E-state index contributed by atoms with van der Waals surface area (Å²) in [6.45, 7) is 5.24. The highest BCUT2D eigenvalue weighted by molar-refractivity contribution is 5.67. The Bertz CT molecular complexity index is 541. The Morgan fingerprint density at radius 1 is 1.28 bits per heavy atom. The standard InChI is InChI=1S/C15H21N3/c1-11-5-6-12(2)14(9-11)15-13(7-8-16-3)10-18(4)17-15/h5-6,9-10,16H,7-8H2,1-4H3. The van der Waals surface area contributed by atoms with Crippen LogP contribution in [0.2, 0.25) is 0 Å². The van der Waals surface area contributed by atoms with Gasteiger partial charge in [0.05, 0.1) is 5.69 Å². The summed E-state index contributed by atoms with van der Waals surface area (Å²) >= 11 is 0. The molecular weight excluding hydrogens is 222 g/mol. The summed E-state index contributed by atoms with van der Waals surface area (Å²) in [5, 5.41) is 7.82. The van der Waals surface area contributed by atoms with Crippen LogP contribution in [0, 0.1) is 13.8 Å². The lowest BCUT2D eigenvalue weighted by molar-refractivity contribution is 0.764. The summed E-state index contributed by atoms with van der Waals surface area (Å²) in [6, 6.07) is 6.54. The Morgan fingerprint density at radius 3 is 2.78 bits per heavy atom. The van der Waals surface area contributed by atoms with Crippen molar-refractivity contribution < 1.29 is 0 Å². The Kier molecular flexibility index (Phi) is 3.82. The Hall–Kier alpha value is -1.61. The number of benzene rings is 1. The van der Waals surface area contributed by atoms with Gasteiger partial charge >= 0.3 is 0 Å². The van der Waals surface area contributed by atoms with Gasteiger partial charge in [0.15, 0.2) is 0 Å². The van der Waals surface area contributed by atoms with Gasteiger partial charge in [-0.1, -0.05) is 17.7 Å². The van der Waals surface area contributed by atoms with Crippen LogP contribution in [0.15, 0.2) is 24.4 Å². The molecule has 0 aliphatic carbocycles. The van der Waals surface area contributed by atoms with Crippen LogP contribution in [0.4, 0.5) is 0 Å². The first-order valence-corrected chi connectivity index (χ1v) is 6.36. The third-order valence-corrected chi connectivity index (χ3v) is 3.20. The third kappa shape index (κ3) is 2.62. The number of hydrogen-bond acceptors (Lipinski definition) is 2. The Morgan fingerprint density at radius 2 is 2.06 bits per heavy atom. The smallest absolute Gasteiger partial charge is 0.0958 e. The first-order valence-electron chi connectivity index (χ1n) is 6.36. The maximum Gasteiger partial charge on any atom is 0.0958 e. The molecule has 0 bridgehead atoms. The van der Waals surface area contributed by atoms with Crippen molar-refractivity contribution in [2.75, 3.05) is 13.6 Å². The van der Waals surface area contributed by atoms with Crippen LogP contribution in [0.25, 0.3) is 11.3 Å². The highest BCUT2D eigenvalue weighted by Gasteiger charge is 2.12. The fraction of sp³-hybridized carbons (Fsp3) is 0.400. The van der Waals surface area contributed by atoms with Crippen molar-refractivity contribution in [1.29, 1.82) is 0 Å². The fourth-order valence-electron chi connectivity index (χ4n) is 2.20. The van der Waals surface area contributed by atoms with Crippen molar-refractivity contribution in [3.63, 3.8) is 0 Å². The number of hydrogen-bond donors (Lipinski definition) is 1. The van der Waals surface area contributed by atoms with Gasteiger partial charge in [-0.3, -0.25) is 4.68 Å². The molecule has 0 amide bonds. The molecule has 96 valence electrons. The molecule has 0 aliphatic rings. The van der Waals surface area contributed by atoms with Crippen molar-refractivity contribution >= 4 is 0 Å². The lowest BCUT2D eigenvalue weighted by Gasteiger charge is -2.07. The predicted octanol–water partition coefficient (Wildman–Crippen LogP) is 2.47. The zero-order chi connectivity index (χ0) is 13.1. The van der Waals surface area contributed by atoms with Gasteiger partial charge in [-0.25, -0.2) is 0 Å². The summed E-state index contributed by atoms with van der Waals surface area (Å²) in [5.74, 6) is 0. The molecule has 0 atom stereocenters. The van der Waals surface area contributed by atoms with E-state index in [1.807, 2.05) is 18.8 Å². The zero-order valence-corrected chi connectivity index (χ0v) is 11.6. The van der Waals surface area contributed by atoms with E-state index < -0.39 is 0 Å². The number of aryl methyl sites for hydroxylation is 3. The highest BCUT2D eigenvalue weighted by atomic mass is 15.3. The largest absolute Gasteiger partial charge is 0.319 e. The van der Waals surface area contributed by atoms with Gasteiger partial charge in [0.25, 0.3) is 0 Å². The van der Waals surface area contributed by atoms with Gasteiger partial charge in [0.2, 0.25) is 0 Å². The lowest BCUT2D eigenvalue weighted by atomic mass is 9.99. The normalized spacial score (nSPS) is 10.9. The first kappa shape index (κ1) is 12.8. The van der Waals surface area contributed by atoms with Crippen molar-refractivity contribution in [3.8, 4) is 11.3 Å². The maximum absolute atomic E-state index is 4.62. The van der Waals surface area contributed by atoms with E-state index in [4.69, 9.17) is 0 Å². The quantitative estimate of drug-likeness (QED) is 0.894. The number of rotatable bonds is 4. The molecule has 3 heteroatoms. The molecule has 0 radical (unpaired) electrons. The van der Waals surface area contributed by atoms with Crippen LogP contribution in [0.5, 0.6) is 0 Å². The van der Waals surface area contributed by atoms with Crippen LogP contribution in [-0.4, -0.2) is 23.4 Å². The molecule has 0 unspecified atom stereocenters. The van der Waals surface area contributed by atoms with Crippen LogP contribution in [0.3, 0.4) is 0 Å². The van der Waals surface area contributed by atoms with Crippen LogP contribution in [0.1, 0.15) is 16.7 Å². The van der Waals surface area contributed by atoms with E-state index in [9.17, 15) is 0 Å². The summed E-state index contributed by atoms with van der Waals surface area (Å²) in [6.07, 6.45) is 3.13. The van der Waals surface area contributed by atoms with Crippen molar-refractivity contribution in [2.24, 2.45) is 7.05 Å². The lowest BCUT2D eigenvalue weighted by Crippen LogP contribution is -2.10. The predicted molar refractivity (Wildman–Crippen MR) is 75.7 cm³/mol. The Balaban J connectivity index is 2.45. The van der Waals surface area contributed by atoms with E-state index in [0.29, 0.717) is 0 Å². The average molecular weight is 243 g/mol. The van der Waals surface area contributed by atoms with E-state index in [-0.39, 0.29) is 0 Å². The van der Waals surface area contributed by atoms with Crippen LogP contribution >= 0.6 is 0 Å². The minimum Gasteiger partial charge on any atom is -0.319 e. The maximum atomic E-state index is 4.62. The molecular formula is C15H21N3. The van der Waals surface area contributed by atoms with Crippen molar-refractivity contribution in [1.82, 2.24) is 15.1 Å². The molecule has 1 N–H and O–H groups in total. The van der Waals surface area contributed by atoms with Gasteiger partial charge in [0.1, 0.15) is 0 Å². The second-order valence-electron chi connectivity index (χ2n) is 4.85. The van der Waals surface area contributed by atoms with Gasteiger partial charge in [-0.05, 0) is 51.1 Å². The molecule has 0 fully saturated rings. The van der Waals surface area contributed by atoms with E-state index in [2.05, 4.69) is 48.7 Å². The molecule has 2 rings (SSSR count). The van der Waals surface area contributed by atoms with Gasteiger partial charge in [-0.15, -0.1) is 0 Å². The second kappa shape index (κ2) is 5.36. The van der Waals surface area contributed by atoms with E-state index in [1.54, 1.807) is 0 Å². The Labute approximate surface area is 109 Å². The summed E-state index contributed by atoms with van der Waals surface area (Å²) < 4.78 is 1.90. The highest BCUT2D eigenvalue weighted by Crippen LogP contribution is 2.26. The molecule has 1 aromatic heterocycles. The number of nitrogens with zero attached hydrogens (tertiary/aromatic N) is 2. The van der Waals surface area contributed by atoms with Crippen molar-refractivity contribution in [2.45, 2.75) is 20.3 Å². The SMILES string of the molecule is CNCCc1cn(C)nc1-c1cc(C)ccc1C. The van der Waals surface area contributed by atoms with E-state index in [1.165, 1.54) is 22.3 Å². The molecule has 2 aromatic rings. The topological polar surface area (TPSA) is 29.9 Å². The van der Waals surface area contributed by atoms with Crippen LogP contribution < -0.4 is 5.32 Å². The fourth-order valence-corrected chi connectivity index (χ4v) is 2.20. The number of likely N-dealkylation sites (N-methyl/N-ethyl adjacent to an activating group) is 1. The molecule has 0 saturated carbocycles. The minimum absolute atomic E-state index is 0.976. The number of aromatic nitrogens is 2. The van der Waals surface area contributed by atoms with Gasteiger partial charge in [-0.2, -0.15) is 5.10 Å². The van der Waals surface area contributed by atoms with Gasteiger partial charge < -0.3 is 5.32 Å². The molecule has 1 aromatic carbocycles. The molecule has 0 saturated heterocycles. The summed E-state index contributed by atoms with van der Waals surface area (Å²) in [7, 11) is 3.96. The second-order valence-corrected chi connectivity index (χ2v) is 4.85. The summed E-state index contributed by atoms with van der Waals surface area (Å²) in [4.78, 5) is 0. The molecule has 0 spiro atoms. The first-order chi connectivity index (χ1) is 8.61. The van der Waals surface area contributed by atoms with E-state index >= 15 is 0 Å². The van der Waals surface area contributed by atoms with Crippen LogP contribution in [-0.2, 0) is 13.5 Å². The third-order valence-electron chi connectivity index (χ3n) is 3.20. The minimum atomic E-state index is 0.976. The average Bonchev–Trinajstić information content (AvgIpc) is 2.71. The molecule has 0 aliphatic heterocycles.